The minimum absolute atomic E-state index is 0.162. The van der Waals surface area contributed by atoms with Crippen LogP contribution in [0.4, 0.5) is 5.82 Å². The van der Waals surface area contributed by atoms with Crippen LogP contribution in [0.25, 0.3) is 0 Å². The highest BCUT2D eigenvalue weighted by molar-refractivity contribution is 6.04. The van der Waals surface area contributed by atoms with E-state index in [2.05, 4.69) is 17.3 Å². The molecule has 4 rings (SSSR count). The number of ether oxygens (including phenoxy) is 1. The number of hydrogen-bond donors (Lipinski definition) is 1. The fourth-order valence-electron chi connectivity index (χ4n) is 3.17. The second-order valence-corrected chi connectivity index (χ2v) is 7.00. The molecule has 1 aliphatic rings. The molecule has 1 fully saturated rings. The molecule has 0 saturated heterocycles. The number of aromatic nitrogens is 2. The fourth-order valence-corrected chi connectivity index (χ4v) is 3.17. The molecule has 1 N–H and O–H groups in total. The minimum Gasteiger partial charge on any atom is -0.489 e. The molecular weight excluding hydrogens is 338 g/mol. The number of nitrogens with one attached hydrogen (secondary N) is 1. The normalized spacial score (nSPS) is 14.6. The van der Waals surface area contributed by atoms with Crippen molar-refractivity contribution >= 4 is 11.7 Å². The molecule has 5 nitrogen and oxygen atoms in total. The summed E-state index contributed by atoms with van der Waals surface area (Å²) in [6.45, 7) is 2.62. The molecule has 0 spiro atoms. The Morgan fingerprint density at radius 3 is 2.78 bits per heavy atom. The quantitative estimate of drug-likeness (QED) is 0.664. The molecule has 1 atom stereocenters. The predicted molar refractivity (Wildman–Crippen MR) is 105 cm³/mol. The van der Waals surface area contributed by atoms with Gasteiger partial charge in [-0.15, -0.1) is 0 Å². The zero-order chi connectivity index (χ0) is 18.6. The average Bonchev–Trinajstić information content (AvgIpc) is 3.46. The number of carbonyl (C=O) groups excluding carboxylic acids is 1. The number of hydrogen-bond acceptors (Lipinski definition) is 3. The molecular formula is C22H23N3O2. The first-order chi connectivity index (χ1) is 13.2. The van der Waals surface area contributed by atoms with Crippen LogP contribution in [0.2, 0.25) is 0 Å². The topological polar surface area (TPSA) is 56.2 Å². The van der Waals surface area contributed by atoms with Crippen LogP contribution in [0.15, 0.2) is 66.9 Å². The number of benzene rings is 2. The number of nitrogens with zero attached hydrogens (tertiary/aromatic N) is 2. The molecule has 138 valence electrons. The summed E-state index contributed by atoms with van der Waals surface area (Å²) in [5.41, 5.74) is 1.65. The van der Waals surface area contributed by atoms with Crippen molar-refractivity contribution in [3.8, 4) is 5.75 Å². The monoisotopic (exact) mass is 361 g/mol. The van der Waals surface area contributed by atoms with Crippen LogP contribution in [0.1, 0.15) is 41.7 Å². The van der Waals surface area contributed by atoms with Crippen molar-refractivity contribution in [3.63, 3.8) is 0 Å². The highest BCUT2D eigenvalue weighted by atomic mass is 16.5. The highest BCUT2D eigenvalue weighted by Crippen LogP contribution is 2.40. The van der Waals surface area contributed by atoms with Gasteiger partial charge >= 0.3 is 0 Å². The maximum atomic E-state index is 12.7. The third-order valence-corrected chi connectivity index (χ3v) is 4.95. The summed E-state index contributed by atoms with van der Waals surface area (Å²) in [4.78, 5) is 12.7. The molecule has 0 radical (unpaired) electrons. The molecule has 1 heterocycles. The van der Waals surface area contributed by atoms with E-state index in [-0.39, 0.29) is 5.91 Å². The molecule has 0 bridgehead atoms. The molecule has 1 unspecified atom stereocenters. The van der Waals surface area contributed by atoms with Crippen LogP contribution in [-0.2, 0) is 6.61 Å². The molecule has 3 aromatic rings. The van der Waals surface area contributed by atoms with Gasteiger partial charge in [0.05, 0.1) is 12.2 Å². The van der Waals surface area contributed by atoms with Gasteiger partial charge in [0.25, 0.3) is 5.91 Å². The second kappa shape index (κ2) is 7.66. The maximum absolute atomic E-state index is 12.7. The summed E-state index contributed by atoms with van der Waals surface area (Å²) >= 11 is 0. The van der Waals surface area contributed by atoms with E-state index >= 15 is 0 Å². The standard InChI is InChI=1S/C22H23N3O2/c1-16(18-10-11-18)25-21(12-13-23-25)24-22(26)19-8-5-9-20(14-19)27-15-17-6-3-2-4-7-17/h2-9,12-14,16,18H,10-11,15H2,1H3,(H,24,26). The van der Waals surface area contributed by atoms with Gasteiger partial charge in [-0.25, -0.2) is 4.68 Å². The van der Waals surface area contributed by atoms with Gasteiger partial charge in [-0.05, 0) is 49.4 Å². The Morgan fingerprint density at radius 1 is 1.19 bits per heavy atom. The Bertz CT molecular complexity index is 916. The summed E-state index contributed by atoms with van der Waals surface area (Å²) in [5.74, 6) is 1.90. The van der Waals surface area contributed by atoms with E-state index in [1.807, 2.05) is 53.2 Å². The van der Waals surface area contributed by atoms with Gasteiger partial charge in [0.2, 0.25) is 0 Å². The Kier molecular flexibility index (Phi) is 4.92. The lowest BCUT2D eigenvalue weighted by molar-refractivity contribution is 0.102. The lowest BCUT2D eigenvalue weighted by Gasteiger charge is -2.15. The van der Waals surface area contributed by atoms with Crippen LogP contribution < -0.4 is 10.1 Å². The Hall–Kier alpha value is -3.08. The van der Waals surface area contributed by atoms with E-state index < -0.39 is 0 Å². The van der Waals surface area contributed by atoms with Gasteiger partial charge in [-0.2, -0.15) is 5.10 Å². The molecule has 1 amide bonds. The highest BCUT2D eigenvalue weighted by Gasteiger charge is 2.30. The predicted octanol–water partition coefficient (Wildman–Crippen LogP) is 4.69. The Labute approximate surface area is 159 Å². The molecule has 5 heteroatoms. The molecule has 2 aromatic carbocycles. The van der Waals surface area contributed by atoms with Gasteiger partial charge in [0.15, 0.2) is 0 Å². The van der Waals surface area contributed by atoms with E-state index in [1.165, 1.54) is 12.8 Å². The molecule has 1 saturated carbocycles. The van der Waals surface area contributed by atoms with E-state index in [9.17, 15) is 4.79 Å². The van der Waals surface area contributed by atoms with E-state index in [0.717, 1.165) is 11.4 Å². The molecule has 1 aliphatic carbocycles. The summed E-state index contributed by atoms with van der Waals surface area (Å²) in [5, 5.41) is 7.36. The lowest BCUT2D eigenvalue weighted by Crippen LogP contribution is -2.18. The van der Waals surface area contributed by atoms with Gasteiger partial charge in [0, 0.05) is 11.6 Å². The number of anilines is 1. The lowest BCUT2D eigenvalue weighted by atomic mass is 10.2. The smallest absolute Gasteiger partial charge is 0.256 e. The zero-order valence-electron chi connectivity index (χ0n) is 15.3. The first-order valence-electron chi connectivity index (χ1n) is 9.32. The fraction of sp³-hybridized carbons (Fsp3) is 0.273. The second-order valence-electron chi connectivity index (χ2n) is 7.00. The van der Waals surface area contributed by atoms with Crippen molar-refractivity contribution in [1.29, 1.82) is 0 Å². The van der Waals surface area contributed by atoms with E-state index in [0.29, 0.717) is 29.9 Å². The first-order valence-corrected chi connectivity index (χ1v) is 9.32. The van der Waals surface area contributed by atoms with Crippen molar-refractivity contribution in [2.75, 3.05) is 5.32 Å². The Morgan fingerprint density at radius 2 is 2.00 bits per heavy atom. The summed E-state index contributed by atoms with van der Waals surface area (Å²) in [6.07, 6.45) is 4.19. The van der Waals surface area contributed by atoms with Gasteiger partial charge in [-0.1, -0.05) is 36.4 Å². The number of amides is 1. The molecule has 0 aliphatic heterocycles. The number of carbonyl (C=O) groups is 1. The van der Waals surface area contributed by atoms with E-state index in [1.54, 1.807) is 18.3 Å². The third kappa shape index (κ3) is 4.19. The van der Waals surface area contributed by atoms with Crippen molar-refractivity contribution in [1.82, 2.24) is 9.78 Å². The van der Waals surface area contributed by atoms with Gasteiger partial charge < -0.3 is 10.1 Å². The van der Waals surface area contributed by atoms with Crippen LogP contribution in [0.5, 0.6) is 5.75 Å². The van der Waals surface area contributed by atoms with Crippen molar-refractivity contribution in [2.45, 2.75) is 32.4 Å². The van der Waals surface area contributed by atoms with Crippen LogP contribution in [-0.4, -0.2) is 15.7 Å². The van der Waals surface area contributed by atoms with Gasteiger partial charge in [0.1, 0.15) is 18.2 Å². The van der Waals surface area contributed by atoms with Crippen molar-refractivity contribution in [2.24, 2.45) is 5.92 Å². The van der Waals surface area contributed by atoms with Crippen molar-refractivity contribution < 1.29 is 9.53 Å². The first kappa shape index (κ1) is 17.3. The average molecular weight is 361 g/mol. The SMILES string of the molecule is CC(C1CC1)n1nccc1NC(=O)c1cccc(OCc2ccccc2)c1. The third-order valence-electron chi connectivity index (χ3n) is 4.95. The Balaban J connectivity index is 1.43. The van der Waals surface area contributed by atoms with Crippen LogP contribution in [0.3, 0.4) is 0 Å². The van der Waals surface area contributed by atoms with Crippen LogP contribution in [0, 0.1) is 5.92 Å². The molecule has 27 heavy (non-hydrogen) atoms. The minimum atomic E-state index is -0.162. The maximum Gasteiger partial charge on any atom is 0.256 e. The zero-order valence-corrected chi connectivity index (χ0v) is 15.3. The summed E-state index contributed by atoms with van der Waals surface area (Å²) in [6, 6.07) is 19.4. The number of rotatable bonds is 7. The van der Waals surface area contributed by atoms with Crippen molar-refractivity contribution in [3.05, 3.63) is 78.0 Å². The van der Waals surface area contributed by atoms with Gasteiger partial charge in [-0.3, -0.25) is 4.79 Å². The van der Waals surface area contributed by atoms with Crippen LogP contribution >= 0.6 is 0 Å². The molecule has 1 aromatic heterocycles. The summed E-state index contributed by atoms with van der Waals surface area (Å²) < 4.78 is 7.73. The summed E-state index contributed by atoms with van der Waals surface area (Å²) in [7, 11) is 0. The van der Waals surface area contributed by atoms with E-state index in [4.69, 9.17) is 4.74 Å². The largest absolute Gasteiger partial charge is 0.489 e.